The van der Waals surface area contributed by atoms with Crippen LogP contribution in [0.5, 0.6) is 0 Å². The molecule has 0 atom stereocenters. The normalized spacial score (nSPS) is 15.2. The minimum Gasteiger partial charge on any atom is -0.383 e. The molecule has 25 heavy (non-hydrogen) atoms. The second-order valence-corrected chi connectivity index (χ2v) is 6.53. The molecule has 2 aromatic rings. The molecule has 1 aliphatic heterocycles. The lowest BCUT2D eigenvalue weighted by molar-refractivity contribution is -0.193. The van der Waals surface area contributed by atoms with Crippen molar-refractivity contribution in [1.82, 2.24) is 9.58 Å². The Morgan fingerprint density at radius 3 is 2.44 bits per heavy atom. The Balaban J connectivity index is 1.96. The number of nitrogens with zero attached hydrogens (tertiary/aromatic N) is 2. The Kier molecular flexibility index (Phi) is 4.03. The van der Waals surface area contributed by atoms with Crippen molar-refractivity contribution in [1.29, 1.82) is 0 Å². The summed E-state index contributed by atoms with van der Waals surface area (Å²) in [5, 5.41) is -0.0144. The Hall–Kier alpha value is -2.47. The van der Waals surface area contributed by atoms with Gasteiger partial charge in [0.2, 0.25) is 0 Å². The number of hydrogen-bond acceptors (Lipinski definition) is 8. The molecule has 0 aromatic carbocycles. The molecule has 0 unspecified atom stereocenters. The molecule has 3 heterocycles. The van der Waals surface area contributed by atoms with E-state index in [1.807, 2.05) is 11.9 Å². The minimum atomic E-state index is -5.31. The summed E-state index contributed by atoms with van der Waals surface area (Å²) in [6.07, 6.45) is -4.97. The minimum absolute atomic E-state index is 0.0144. The van der Waals surface area contributed by atoms with Crippen molar-refractivity contribution in [2.24, 2.45) is 0 Å². The predicted octanol–water partition coefficient (Wildman–Crippen LogP) is 0.254. The van der Waals surface area contributed by atoms with Gasteiger partial charge < -0.3 is 9.64 Å². The van der Waals surface area contributed by atoms with Crippen LogP contribution in [0.25, 0.3) is 0 Å². The van der Waals surface area contributed by atoms with E-state index in [-0.39, 0.29) is 10.6 Å². The van der Waals surface area contributed by atoms with Crippen LogP contribution in [-0.2, 0) is 22.5 Å². The van der Waals surface area contributed by atoms with E-state index in [1.54, 1.807) is 0 Å². The zero-order chi connectivity index (χ0) is 18.5. The van der Waals surface area contributed by atoms with Crippen molar-refractivity contribution in [3.05, 3.63) is 36.7 Å². The Morgan fingerprint density at radius 2 is 1.88 bits per heavy atom. The molecule has 134 valence electrons. The molecule has 0 saturated carbocycles. The lowest BCUT2D eigenvalue weighted by Gasteiger charge is -2.22. The first-order chi connectivity index (χ1) is 11.6. The first kappa shape index (κ1) is 17.4. The third-order valence-electron chi connectivity index (χ3n) is 3.62. The molecule has 0 saturated heterocycles. The molecular weight excluding hydrogens is 367 g/mol. The number of nitrogens with one attached hydrogen (secondary N) is 1. The molecule has 0 amide bonds. The van der Waals surface area contributed by atoms with Crippen LogP contribution in [0.1, 0.15) is 20.8 Å². The van der Waals surface area contributed by atoms with Crippen molar-refractivity contribution >= 4 is 28.3 Å². The quantitative estimate of drug-likeness (QED) is 0.465. The molecule has 1 N–H and O–H groups in total. The average molecular weight is 377 g/mol. The van der Waals surface area contributed by atoms with E-state index in [0.717, 1.165) is 11.3 Å². The second kappa shape index (κ2) is 5.81. The number of rotatable bonds is 3. The van der Waals surface area contributed by atoms with Crippen LogP contribution in [0, 0.1) is 0 Å². The van der Waals surface area contributed by atoms with E-state index in [9.17, 15) is 32.3 Å². The summed E-state index contributed by atoms with van der Waals surface area (Å²) in [5.41, 5.74) is 0.884. The van der Waals surface area contributed by atoms with Crippen LogP contribution in [0.2, 0.25) is 0 Å². The van der Waals surface area contributed by atoms with Gasteiger partial charge >= 0.3 is 29.2 Å². The molecule has 0 aliphatic carbocycles. The fourth-order valence-corrected chi connectivity index (χ4v) is 3.66. The number of fused-ring (bicyclic) bond motifs is 1. The van der Waals surface area contributed by atoms with Gasteiger partial charge in [0.15, 0.2) is 0 Å². The van der Waals surface area contributed by atoms with Crippen molar-refractivity contribution in [2.75, 3.05) is 19.0 Å². The SMILES string of the molecule is CN1CCc2c(sc(Nn3c(=O)c3=O)c2C(=O)OC(=O)C(F)(F)F)C1. The maximum atomic E-state index is 12.3. The number of aromatic nitrogens is 1. The fraction of sp³-hybridized carbons (Fsp3) is 0.385. The van der Waals surface area contributed by atoms with Crippen LogP contribution in [0.3, 0.4) is 0 Å². The van der Waals surface area contributed by atoms with Crippen LogP contribution < -0.4 is 16.5 Å². The molecule has 1 aliphatic rings. The maximum Gasteiger partial charge on any atom is 0.491 e. The van der Waals surface area contributed by atoms with Gasteiger partial charge in [-0.1, -0.05) is 0 Å². The molecule has 12 heteroatoms. The monoisotopic (exact) mass is 377 g/mol. The zero-order valence-corrected chi connectivity index (χ0v) is 13.4. The number of carbonyl (C=O) groups is 2. The zero-order valence-electron chi connectivity index (χ0n) is 12.6. The van der Waals surface area contributed by atoms with E-state index in [0.29, 0.717) is 34.6 Å². The van der Waals surface area contributed by atoms with E-state index in [2.05, 4.69) is 10.2 Å². The molecule has 2 aromatic heterocycles. The number of ether oxygens (including phenoxy) is 1. The average Bonchev–Trinajstić information content (AvgIpc) is 2.93. The van der Waals surface area contributed by atoms with Gasteiger partial charge in [-0.05, 0) is 19.0 Å². The van der Waals surface area contributed by atoms with Crippen LogP contribution in [-0.4, -0.2) is 41.3 Å². The van der Waals surface area contributed by atoms with Crippen molar-refractivity contribution < 1.29 is 27.5 Å². The summed E-state index contributed by atoms with van der Waals surface area (Å²) in [4.78, 5) is 47.8. The van der Waals surface area contributed by atoms with Gasteiger partial charge in [0.05, 0.1) is 5.56 Å². The van der Waals surface area contributed by atoms with E-state index < -0.39 is 29.2 Å². The molecule has 0 radical (unpaired) electrons. The van der Waals surface area contributed by atoms with Gasteiger partial charge in [-0.15, -0.1) is 11.3 Å². The lowest BCUT2D eigenvalue weighted by atomic mass is 10.0. The summed E-state index contributed by atoms with van der Waals surface area (Å²) in [5.74, 6) is -4.11. The van der Waals surface area contributed by atoms with Gasteiger partial charge in [-0.25, -0.2) is 9.59 Å². The molecule has 0 bridgehead atoms. The summed E-state index contributed by atoms with van der Waals surface area (Å²) in [7, 11) is 1.82. The van der Waals surface area contributed by atoms with Gasteiger partial charge in [0.25, 0.3) is 0 Å². The molecule has 3 rings (SSSR count). The molecule has 0 fully saturated rings. The predicted molar refractivity (Wildman–Crippen MR) is 79.2 cm³/mol. The van der Waals surface area contributed by atoms with Gasteiger partial charge in [-0.3, -0.25) is 15.0 Å². The molecular formula is C13H10F3N3O5S. The number of alkyl halides is 3. The van der Waals surface area contributed by atoms with Crippen LogP contribution in [0.15, 0.2) is 9.59 Å². The third kappa shape index (κ3) is 3.22. The topological polar surface area (TPSA) is 97.7 Å². The summed E-state index contributed by atoms with van der Waals surface area (Å²) in [6, 6.07) is 0. The molecule has 8 nitrogen and oxygen atoms in total. The highest BCUT2D eigenvalue weighted by molar-refractivity contribution is 7.16. The fourth-order valence-electron chi connectivity index (χ4n) is 2.36. The van der Waals surface area contributed by atoms with E-state index >= 15 is 0 Å². The highest BCUT2D eigenvalue weighted by Gasteiger charge is 2.43. The second-order valence-electron chi connectivity index (χ2n) is 5.43. The standard InChI is InChI=1S/C13H10F3N3O5S/c1-18-3-2-5-6(4-18)25-8(17-19-9(20)10(19)21)7(5)11(22)24-12(23)13(14,15)16/h17H,2-4H2,1H3. The number of esters is 2. The Labute approximate surface area is 141 Å². The number of thiophene rings is 1. The van der Waals surface area contributed by atoms with Crippen LogP contribution in [0.4, 0.5) is 18.2 Å². The largest absolute Gasteiger partial charge is 0.491 e. The number of halogens is 3. The van der Waals surface area contributed by atoms with Crippen molar-refractivity contribution in [2.45, 2.75) is 19.1 Å². The Morgan fingerprint density at radius 1 is 1.24 bits per heavy atom. The van der Waals surface area contributed by atoms with Crippen molar-refractivity contribution in [3.8, 4) is 0 Å². The summed E-state index contributed by atoms with van der Waals surface area (Å²) >= 11 is 1.01. The smallest absolute Gasteiger partial charge is 0.383 e. The Bertz CT molecular complexity index is 912. The first-order valence-corrected chi connectivity index (χ1v) is 7.72. The van der Waals surface area contributed by atoms with E-state index in [1.165, 1.54) is 0 Å². The highest BCUT2D eigenvalue weighted by Crippen LogP contribution is 2.37. The number of anilines is 1. The van der Waals surface area contributed by atoms with E-state index in [4.69, 9.17) is 0 Å². The summed E-state index contributed by atoms with van der Waals surface area (Å²) in [6.45, 7) is 0.968. The number of hydrogen-bond donors (Lipinski definition) is 1. The maximum absolute atomic E-state index is 12.3. The number of carbonyl (C=O) groups excluding carboxylic acids is 2. The number of likely N-dealkylation sites (N-methyl/N-ethyl adjacent to an activating group) is 1. The molecule has 0 spiro atoms. The third-order valence-corrected chi connectivity index (χ3v) is 4.74. The first-order valence-electron chi connectivity index (χ1n) is 6.91. The lowest BCUT2D eigenvalue weighted by Crippen LogP contribution is -2.30. The van der Waals surface area contributed by atoms with Crippen molar-refractivity contribution in [3.63, 3.8) is 0 Å². The van der Waals surface area contributed by atoms with Crippen LogP contribution >= 0.6 is 11.3 Å². The van der Waals surface area contributed by atoms with Gasteiger partial charge in [0.1, 0.15) is 5.00 Å². The van der Waals surface area contributed by atoms with Gasteiger partial charge in [-0.2, -0.15) is 17.8 Å². The summed E-state index contributed by atoms with van der Waals surface area (Å²) < 4.78 is 41.5. The van der Waals surface area contributed by atoms with Gasteiger partial charge in [0, 0.05) is 18.0 Å². The highest BCUT2D eigenvalue weighted by atomic mass is 32.1.